The first-order valence-corrected chi connectivity index (χ1v) is 2.84. The summed E-state index contributed by atoms with van der Waals surface area (Å²) in [6.45, 7) is 4.25. The molecular formula is C6H12N2. The Morgan fingerprint density at radius 2 is 2.12 bits per heavy atom. The first kappa shape index (κ1) is 7.21. The summed E-state index contributed by atoms with van der Waals surface area (Å²) < 4.78 is 0. The second-order valence-corrected chi connectivity index (χ2v) is 1.47. The van der Waals surface area contributed by atoms with E-state index in [-0.39, 0.29) is 0 Å². The zero-order chi connectivity index (χ0) is 6.24. The largest absolute Gasteiger partial charge is 0.351 e. The van der Waals surface area contributed by atoms with Crippen LogP contribution >= 0.6 is 0 Å². The van der Waals surface area contributed by atoms with Crippen LogP contribution in [-0.4, -0.2) is 9.97 Å². The molecule has 0 saturated carbocycles. The topological polar surface area (TPSA) is 28.7 Å². The average molecular weight is 112 g/mol. The minimum atomic E-state index is 1.25. The quantitative estimate of drug-likeness (QED) is 0.545. The van der Waals surface area contributed by atoms with Gasteiger partial charge in [0.05, 0.1) is 6.33 Å². The lowest BCUT2D eigenvalue weighted by molar-refractivity contribution is 1.09. The third-order valence-electron chi connectivity index (χ3n) is 0.406. The molecule has 8 heavy (non-hydrogen) atoms. The van der Waals surface area contributed by atoms with Crippen molar-refractivity contribution in [3.05, 3.63) is 18.7 Å². The Bertz CT molecular complexity index is 73.4. The number of imidazole rings is 1. The van der Waals surface area contributed by atoms with Crippen LogP contribution in [0.15, 0.2) is 18.7 Å². The van der Waals surface area contributed by atoms with Crippen molar-refractivity contribution in [3.63, 3.8) is 0 Å². The molecule has 0 atom stereocenters. The SMILES string of the molecule is CCC.c1c[nH]cn1. The fourth-order valence-electron chi connectivity index (χ4n) is 0.215. The number of hydrogen-bond donors (Lipinski definition) is 1. The van der Waals surface area contributed by atoms with Crippen LogP contribution in [0.1, 0.15) is 20.3 Å². The highest BCUT2D eigenvalue weighted by Crippen LogP contribution is 1.62. The molecule has 0 aromatic carbocycles. The van der Waals surface area contributed by atoms with Crippen molar-refractivity contribution in [1.82, 2.24) is 9.97 Å². The number of nitrogens with one attached hydrogen (secondary N) is 1. The number of nitrogens with zero attached hydrogens (tertiary/aromatic N) is 1. The molecule has 0 spiro atoms. The predicted molar refractivity (Wildman–Crippen MR) is 34.6 cm³/mol. The first-order valence-electron chi connectivity index (χ1n) is 2.84. The molecule has 1 N–H and O–H groups in total. The zero-order valence-corrected chi connectivity index (χ0v) is 5.39. The summed E-state index contributed by atoms with van der Waals surface area (Å²) >= 11 is 0. The summed E-state index contributed by atoms with van der Waals surface area (Å²) in [5.74, 6) is 0. The van der Waals surface area contributed by atoms with E-state index in [0.29, 0.717) is 0 Å². The molecule has 0 unspecified atom stereocenters. The van der Waals surface area contributed by atoms with E-state index in [4.69, 9.17) is 0 Å². The van der Waals surface area contributed by atoms with Crippen LogP contribution in [0.2, 0.25) is 0 Å². The van der Waals surface area contributed by atoms with Crippen LogP contribution in [0.25, 0.3) is 0 Å². The lowest BCUT2D eigenvalue weighted by atomic mass is 10.6. The van der Waals surface area contributed by atoms with Gasteiger partial charge in [0.1, 0.15) is 0 Å². The maximum absolute atomic E-state index is 3.67. The smallest absolute Gasteiger partial charge is 0.0919 e. The van der Waals surface area contributed by atoms with Crippen molar-refractivity contribution in [2.45, 2.75) is 20.3 Å². The van der Waals surface area contributed by atoms with Gasteiger partial charge in [-0.1, -0.05) is 20.3 Å². The fraction of sp³-hybridized carbons (Fsp3) is 0.500. The van der Waals surface area contributed by atoms with Crippen LogP contribution in [0.4, 0.5) is 0 Å². The average Bonchev–Trinajstić information content (AvgIpc) is 2.17. The molecule has 1 rings (SSSR count). The monoisotopic (exact) mass is 112 g/mol. The minimum Gasteiger partial charge on any atom is -0.351 e. The van der Waals surface area contributed by atoms with Gasteiger partial charge in [-0.15, -0.1) is 0 Å². The van der Waals surface area contributed by atoms with E-state index in [1.165, 1.54) is 6.42 Å². The molecule has 1 aromatic heterocycles. The molecule has 1 heterocycles. The van der Waals surface area contributed by atoms with Crippen molar-refractivity contribution in [3.8, 4) is 0 Å². The summed E-state index contributed by atoms with van der Waals surface area (Å²) in [4.78, 5) is 6.42. The Morgan fingerprint density at radius 3 is 2.25 bits per heavy atom. The van der Waals surface area contributed by atoms with E-state index in [0.717, 1.165) is 0 Å². The lowest BCUT2D eigenvalue weighted by Gasteiger charge is -1.48. The number of hydrogen-bond acceptors (Lipinski definition) is 1. The summed E-state index contributed by atoms with van der Waals surface area (Å²) in [7, 11) is 0. The Labute approximate surface area is 50.0 Å². The number of H-pyrrole nitrogens is 1. The second-order valence-electron chi connectivity index (χ2n) is 1.47. The maximum Gasteiger partial charge on any atom is 0.0919 e. The number of rotatable bonds is 0. The standard InChI is InChI=1S/C3H4N2.C3H8/c1-2-5-3-4-1;1-3-2/h1-3H,(H,4,5);3H2,1-2H3. The molecule has 0 aliphatic carbocycles. The number of aromatic nitrogens is 2. The van der Waals surface area contributed by atoms with Crippen molar-refractivity contribution in [2.75, 3.05) is 0 Å². The van der Waals surface area contributed by atoms with E-state index in [9.17, 15) is 0 Å². The van der Waals surface area contributed by atoms with E-state index in [1.54, 1.807) is 18.7 Å². The predicted octanol–water partition coefficient (Wildman–Crippen LogP) is 1.83. The van der Waals surface area contributed by atoms with Gasteiger partial charge in [-0.3, -0.25) is 0 Å². The Kier molecular flexibility index (Phi) is 5.60. The van der Waals surface area contributed by atoms with Gasteiger partial charge in [-0.25, -0.2) is 4.98 Å². The van der Waals surface area contributed by atoms with E-state index >= 15 is 0 Å². The summed E-state index contributed by atoms with van der Waals surface area (Å²) in [6, 6.07) is 0. The molecule has 0 radical (unpaired) electrons. The van der Waals surface area contributed by atoms with E-state index in [1.807, 2.05) is 0 Å². The highest BCUT2D eigenvalue weighted by molar-refractivity contribution is 4.64. The van der Waals surface area contributed by atoms with Gasteiger partial charge in [0.25, 0.3) is 0 Å². The number of aromatic amines is 1. The Morgan fingerprint density at radius 1 is 1.50 bits per heavy atom. The van der Waals surface area contributed by atoms with Crippen molar-refractivity contribution in [1.29, 1.82) is 0 Å². The van der Waals surface area contributed by atoms with Gasteiger partial charge in [0.2, 0.25) is 0 Å². The van der Waals surface area contributed by atoms with Crippen LogP contribution < -0.4 is 0 Å². The van der Waals surface area contributed by atoms with Crippen LogP contribution in [0, 0.1) is 0 Å². The summed E-state index contributed by atoms with van der Waals surface area (Å²) in [6.07, 6.45) is 6.33. The van der Waals surface area contributed by atoms with Gasteiger partial charge < -0.3 is 4.98 Å². The fourth-order valence-corrected chi connectivity index (χ4v) is 0.215. The Hall–Kier alpha value is -0.790. The molecule has 0 aliphatic heterocycles. The molecule has 46 valence electrons. The van der Waals surface area contributed by atoms with E-state index in [2.05, 4.69) is 23.8 Å². The minimum absolute atomic E-state index is 1.25. The van der Waals surface area contributed by atoms with Gasteiger partial charge in [-0.2, -0.15) is 0 Å². The van der Waals surface area contributed by atoms with Crippen LogP contribution in [0.3, 0.4) is 0 Å². The van der Waals surface area contributed by atoms with Crippen molar-refractivity contribution in [2.24, 2.45) is 0 Å². The maximum atomic E-state index is 3.67. The van der Waals surface area contributed by atoms with Crippen LogP contribution in [0.5, 0.6) is 0 Å². The normalized spacial score (nSPS) is 7.25. The highest BCUT2D eigenvalue weighted by atomic mass is 14.8. The lowest BCUT2D eigenvalue weighted by Crippen LogP contribution is -1.44. The summed E-state index contributed by atoms with van der Waals surface area (Å²) in [5, 5.41) is 0. The molecule has 0 fully saturated rings. The first-order chi connectivity index (χ1) is 3.91. The van der Waals surface area contributed by atoms with Crippen molar-refractivity contribution < 1.29 is 0 Å². The third-order valence-corrected chi connectivity index (χ3v) is 0.406. The molecule has 0 bridgehead atoms. The van der Waals surface area contributed by atoms with Gasteiger partial charge in [0.15, 0.2) is 0 Å². The zero-order valence-electron chi connectivity index (χ0n) is 5.39. The molecular weight excluding hydrogens is 100 g/mol. The summed E-state index contributed by atoms with van der Waals surface area (Å²) in [5.41, 5.74) is 0. The van der Waals surface area contributed by atoms with Gasteiger partial charge in [0, 0.05) is 12.4 Å². The third kappa shape index (κ3) is 5.21. The van der Waals surface area contributed by atoms with Crippen LogP contribution in [-0.2, 0) is 0 Å². The van der Waals surface area contributed by atoms with Gasteiger partial charge >= 0.3 is 0 Å². The molecule has 0 amide bonds. The van der Waals surface area contributed by atoms with Crippen molar-refractivity contribution >= 4 is 0 Å². The molecule has 0 aliphatic rings. The Balaban J connectivity index is 0.000000145. The van der Waals surface area contributed by atoms with E-state index < -0.39 is 0 Å². The molecule has 2 heteroatoms. The van der Waals surface area contributed by atoms with Gasteiger partial charge in [-0.05, 0) is 0 Å². The molecule has 0 saturated heterocycles. The highest BCUT2D eigenvalue weighted by Gasteiger charge is 1.56. The second kappa shape index (κ2) is 6.21. The molecule has 2 nitrogen and oxygen atoms in total. The molecule has 1 aromatic rings.